The van der Waals surface area contributed by atoms with Crippen LogP contribution in [0.4, 0.5) is 5.69 Å². The average molecular weight is 289 g/mol. The van der Waals surface area contributed by atoms with Gasteiger partial charge < -0.3 is 10.5 Å². The fourth-order valence-corrected chi connectivity index (χ4v) is 2.62. The second kappa shape index (κ2) is 5.99. The van der Waals surface area contributed by atoms with E-state index in [9.17, 15) is 4.79 Å². The summed E-state index contributed by atoms with van der Waals surface area (Å²) in [6, 6.07) is 2.40. The molecule has 0 unspecified atom stereocenters. The maximum atomic E-state index is 11.7. The van der Waals surface area contributed by atoms with Gasteiger partial charge in [-0.2, -0.15) is 10.2 Å². The van der Waals surface area contributed by atoms with E-state index in [0.29, 0.717) is 11.7 Å². The van der Waals surface area contributed by atoms with Gasteiger partial charge in [-0.3, -0.25) is 14.2 Å². The third-order valence-corrected chi connectivity index (χ3v) is 3.69. The number of nitrogens with two attached hydrogens (primary N) is 1. The molecule has 1 saturated carbocycles. The molecule has 0 amide bonds. The number of nitrogens with zero attached hydrogens (tertiary/aromatic N) is 4. The van der Waals surface area contributed by atoms with E-state index in [-0.39, 0.29) is 19.1 Å². The molecule has 0 radical (unpaired) electrons. The van der Waals surface area contributed by atoms with Crippen LogP contribution in [0.15, 0.2) is 24.7 Å². The molecule has 2 aromatic heterocycles. The van der Waals surface area contributed by atoms with Crippen molar-refractivity contribution in [3.05, 3.63) is 30.4 Å². The zero-order valence-electron chi connectivity index (χ0n) is 11.8. The number of aromatic nitrogens is 4. The highest BCUT2D eigenvalue weighted by atomic mass is 16.5. The van der Waals surface area contributed by atoms with Gasteiger partial charge in [-0.05, 0) is 18.9 Å². The first kappa shape index (κ1) is 13.7. The molecule has 21 heavy (non-hydrogen) atoms. The summed E-state index contributed by atoms with van der Waals surface area (Å²) in [6.07, 6.45) is 9.95. The number of nitrogen functional groups attached to an aromatic ring is 1. The predicted molar refractivity (Wildman–Crippen MR) is 76.2 cm³/mol. The quantitative estimate of drug-likeness (QED) is 0.843. The Hall–Kier alpha value is -2.31. The lowest BCUT2D eigenvalue weighted by atomic mass is 10.3. The molecule has 1 aliphatic rings. The van der Waals surface area contributed by atoms with Crippen LogP contribution in [-0.4, -0.2) is 25.5 Å². The third kappa shape index (κ3) is 3.42. The van der Waals surface area contributed by atoms with E-state index in [1.165, 1.54) is 36.6 Å². The molecular formula is C14H19N5O2. The highest BCUT2D eigenvalue weighted by Gasteiger charge is 2.17. The van der Waals surface area contributed by atoms with Crippen LogP contribution >= 0.6 is 0 Å². The Morgan fingerprint density at radius 3 is 2.95 bits per heavy atom. The number of hydrogen-bond donors (Lipinski definition) is 1. The minimum atomic E-state index is -0.353. The monoisotopic (exact) mass is 289 g/mol. The Morgan fingerprint density at radius 1 is 1.43 bits per heavy atom. The Bertz CT molecular complexity index is 612. The van der Waals surface area contributed by atoms with Crippen LogP contribution in [0.25, 0.3) is 0 Å². The van der Waals surface area contributed by atoms with E-state index in [1.54, 1.807) is 6.20 Å². The van der Waals surface area contributed by atoms with Crippen molar-refractivity contribution < 1.29 is 9.53 Å². The smallest absolute Gasteiger partial charge is 0.328 e. The first-order chi connectivity index (χ1) is 10.2. The molecule has 0 aromatic carbocycles. The first-order valence-electron chi connectivity index (χ1n) is 7.18. The first-order valence-corrected chi connectivity index (χ1v) is 7.18. The SMILES string of the molecule is Nc1cnn(CC(=O)OCc2ccn(C3CCCC3)n2)c1. The second-order valence-electron chi connectivity index (χ2n) is 5.36. The van der Waals surface area contributed by atoms with Crippen molar-refractivity contribution in [1.82, 2.24) is 19.6 Å². The predicted octanol–water partition coefficient (Wildman–Crippen LogP) is 1.52. The molecule has 0 bridgehead atoms. The summed E-state index contributed by atoms with van der Waals surface area (Å²) >= 11 is 0. The molecule has 0 spiro atoms. The van der Waals surface area contributed by atoms with E-state index in [1.807, 2.05) is 16.9 Å². The molecule has 2 aromatic rings. The van der Waals surface area contributed by atoms with Crippen LogP contribution in [0.1, 0.15) is 37.4 Å². The van der Waals surface area contributed by atoms with Crippen molar-refractivity contribution in [2.45, 2.75) is 44.9 Å². The van der Waals surface area contributed by atoms with E-state index < -0.39 is 0 Å². The molecular weight excluding hydrogens is 270 g/mol. The summed E-state index contributed by atoms with van der Waals surface area (Å²) in [5, 5.41) is 8.41. The number of carbonyl (C=O) groups is 1. The lowest BCUT2D eigenvalue weighted by molar-refractivity contribution is -0.146. The molecule has 0 aliphatic heterocycles. The van der Waals surface area contributed by atoms with Crippen LogP contribution in [0, 0.1) is 0 Å². The summed E-state index contributed by atoms with van der Waals surface area (Å²) in [4.78, 5) is 11.7. The molecule has 0 atom stereocenters. The topological polar surface area (TPSA) is 88.0 Å². The Morgan fingerprint density at radius 2 is 2.24 bits per heavy atom. The van der Waals surface area contributed by atoms with Gasteiger partial charge in [-0.25, -0.2) is 0 Å². The minimum absolute atomic E-state index is 0.0561. The molecule has 1 aliphatic carbocycles. The number of esters is 1. The van der Waals surface area contributed by atoms with Crippen LogP contribution in [0.5, 0.6) is 0 Å². The molecule has 2 heterocycles. The average Bonchev–Trinajstić information content (AvgIpc) is 3.17. The number of ether oxygens (including phenoxy) is 1. The maximum absolute atomic E-state index is 11.7. The van der Waals surface area contributed by atoms with Gasteiger partial charge in [0.2, 0.25) is 0 Å². The Labute approximate surface area is 122 Å². The van der Waals surface area contributed by atoms with Gasteiger partial charge in [0, 0.05) is 12.4 Å². The van der Waals surface area contributed by atoms with Gasteiger partial charge in [-0.1, -0.05) is 12.8 Å². The van der Waals surface area contributed by atoms with Crippen molar-refractivity contribution >= 4 is 11.7 Å². The van der Waals surface area contributed by atoms with E-state index in [4.69, 9.17) is 10.5 Å². The molecule has 112 valence electrons. The number of rotatable bonds is 5. The fourth-order valence-electron chi connectivity index (χ4n) is 2.62. The zero-order chi connectivity index (χ0) is 14.7. The highest BCUT2D eigenvalue weighted by Crippen LogP contribution is 2.28. The summed E-state index contributed by atoms with van der Waals surface area (Å²) in [5.41, 5.74) is 6.83. The minimum Gasteiger partial charge on any atom is -0.458 e. The van der Waals surface area contributed by atoms with E-state index in [2.05, 4.69) is 10.2 Å². The van der Waals surface area contributed by atoms with Gasteiger partial charge in [-0.15, -0.1) is 0 Å². The number of hydrogen-bond acceptors (Lipinski definition) is 5. The normalized spacial score (nSPS) is 15.4. The van der Waals surface area contributed by atoms with Crippen molar-refractivity contribution in [2.75, 3.05) is 5.73 Å². The molecule has 3 rings (SSSR count). The summed E-state index contributed by atoms with van der Waals surface area (Å²) in [7, 11) is 0. The molecule has 7 nitrogen and oxygen atoms in total. The molecule has 2 N–H and O–H groups in total. The van der Waals surface area contributed by atoms with Crippen LogP contribution in [0.2, 0.25) is 0 Å². The molecule has 0 saturated heterocycles. The van der Waals surface area contributed by atoms with Crippen molar-refractivity contribution in [1.29, 1.82) is 0 Å². The van der Waals surface area contributed by atoms with Crippen molar-refractivity contribution in [3.8, 4) is 0 Å². The van der Waals surface area contributed by atoms with Gasteiger partial charge in [0.25, 0.3) is 0 Å². The Balaban J connectivity index is 1.49. The summed E-state index contributed by atoms with van der Waals surface area (Å²) < 4.78 is 8.64. The number of anilines is 1. The largest absolute Gasteiger partial charge is 0.458 e. The van der Waals surface area contributed by atoms with Crippen LogP contribution in [-0.2, 0) is 22.7 Å². The fraction of sp³-hybridized carbons (Fsp3) is 0.500. The zero-order valence-corrected chi connectivity index (χ0v) is 11.8. The summed E-state index contributed by atoms with van der Waals surface area (Å²) in [6.45, 7) is 0.246. The van der Waals surface area contributed by atoms with Crippen molar-refractivity contribution in [2.24, 2.45) is 0 Å². The second-order valence-corrected chi connectivity index (χ2v) is 5.36. The standard InChI is InChI=1S/C14H19N5O2/c15-11-7-16-18(8-11)9-14(20)21-10-12-5-6-19(17-12)13-3-1-2-4-13/h5-8,13H,1-4,9-10,15H2. The highest BCUT2D eigenvalue weighted by molar-refractivity contribution is 5.69. The van der Waals surface area contributed by atoms with Gasteiger partial charge >= 0.3 is 5.97 Å². The molecule has 7 heteroatoms. The van der Waals surface area contributed by atoms with Gasteiger partial charge in [0.1, 0.15) is 13.2 Å². The van der Waals surface area contributed by atoms with Gasteiger partial charge in [0.05, 0.1) is 23.6 Å². The Kier molecular flexibility index (Phi) is 3.89. The van der Waals surface area contributed by atoms with Gasteiger partial charge in [0.15, 0.2) is 0 Å². The van der Waals surface area contributed by atoms with Crippen molar-refractivity contribution in [3.63, 3.8) is 0 Å². The maximum Gasteiger partial charge on any atom is 0.328 e. The van der Waals surface area contributed by atoms with Crippen LogP contribution < -0.4 is 5.73 Å². The molecule has 1 fully saturated rings. The third-order valence-electron chi connectivity index (χ3n) is 3.69. The van der Waals surface area contributed by atoms with E-state index in [0.717, 1.165) is 5.69 Å². The summed E-state index contributed by atoms with van der Waals surface area (Å²) in [5.74, 6) is -0.353. The van der Waals surface area contributed by atoms with E-state index >= 15 is 0 Å². The lowest BCUT2D eigenvalue weighted by Gasteiger charge is -2.08. The number of carbonyl (C=O) groups excluding carboxylic acids is 1. The van der Waals surface area contributed by atoms with Crippen LogP contribution in [0.3, 0.4) is 0 Å². The lowest BCUT2D eigenvalue weighted by Crippen LogP contribution is -2.14.